The summed E-state index contributed by atoms with van der Waals surface area (Å²) in [5, 5.41) is 3.16. The second-order valence-electron chi connectivity index (χ2n) is 7.81. The van der Waals surface area contributed by atoms with E-state index in [4.69, 9.17) is 9.97 Å². The lowest BCUT2D eigenvalue weighted by Gasteiger charge is -2.13. The fourth-order valence-corrected chi connectivity index (χ4v) is 4.13. The van der Waals surface area contributed by atoms with Gasteiger partial charge in [-0.15, -0.1) is 0 Å². The van der Waals surface area contributed by atoms with Gasteiger partial charge in [0.15, 0.2) is 0 Å². The molecule has 0 saturated heterocycles. The van der Waals surface area contributed by atoms with E-state index in [0.29, 0.717) is 11.6 Å². The molecule has 0 atom stereocenters. The lowest BCUT2D eigenvalue weighted by atomic mass is 10.0. The molecule has 0 radical (unpaired) electrons. The first-order valence-corrected chi connectivity index (χ1v) is 10.5. The molecule has 1 fully saturated rings. The summed E-state index contributed by atoms with van der Waals surface area (Å²) >= 11 is 0. The van der Waals surface area contributed by atoms with Crippen LogP contribution in [0.3, 0.4) is 0 Å². The van der Waals surface area contributed by atoms with E-state index in [-0.39, 0.29) is 5.91 Å². The summed E-state index contributed by atoms with van der Waals surface area (Å²) in [6, 6.07) is 26.1. The summed E-state index contributed by atoms with van der Waals surface area (Å²) in [7, 11) is 0. The Labute approximate surface area is 176 Å². The number of fused-ring (bicyclic) bond motifs is 1. The van der Waals surface area contributed by atoms with Crippen LogP contribution in [0.15, 0.2) is 78.9 Å². The monoisotopic (exact) mass is 393 g/mol. The number of hydrogen-bond donors (Lipinski definition) is 1. The quantitative estimate of drug-likeness (QED) is 0.488. The van der Waals surface area contributed by atoms with Gasteiger partial charge in [0.1, 0.15) is 0 Å². The lowest BCUT2D eigenvalue weighted by Crippen LogP contribution is -2.32. The molecule has 4 heteroatoms. The molecule has 0 aliphatic heterocycles. The molecule has 1 aliphatic rings. The van der Waals surface area contributed by atoms with Crippen LogP contribution in [-0.2, 0) is 0 Å². The van der Waals surface area contributed by atoms with Gasteiger partial charge in [-0.05, 0) is 31.0 Å². The van der Waals surface area contributed by atoms with Gasteiger partial charge in [-0.2, -0.15) is 0 Å². The number of carbonyl (C=O) groups is 1. The van der Waals surface area contributed by atoms with Gasteiger partial charge >= 0.3 is 0 Å². The van der Waals surface area contributed by atoms with E-state index in [0.717, 1.165) is 46.4 Å². The minimum Gasteiger partial charge on any atom is -0.349 e. The van der Waals surface area contributed by atoms with Crippen LogP contribution in [0.1, 0.15) is 36.0 Å². The topological polar surface area (TPSA) is 54.9 Å². The second-order valence-corrected chi connectivity index (χ2v) is 7.81. The van der Waals surface area contributed by atoms with Crippen molar-refractivity contribution in [2.24, 2.45) is 0 Å². The molecule has 1 N–H and O–H groups in total. The van der Waals surface area contributed by atoms with Crippen LogP contribution >= 0.6 is 0 Å². The van der Waals surface area contributed by atoms with Crippen molar-refractivity contribution in [3.8, 4) is 22.5 Å². The smallest absolute Gasteiger partial charge is 0.251 e. The molecular weight excluding hydrogens is 370 g/mol. The number of rotatable bonds is 4. The summed E-state index contributed by atoms with van der Waals surface area (Å²) in [4.78, 5) is 22.6. The fourth-order valence-electron chi connectivity index (χ4n) is 4.13. The molecular formula is C26H23N3O. The maximum absolute atomic E-state index is 12.7. The van der Waals surface area contributed by atoms with Crippen molar-refractivity contribution in [1.82, 2.24) is 15.3 Å². The van der Waals surface area contributed by atoms with Gasteiger partial charge in [-0.3, -0.25) is 4.79 Å². The third-order valence-corrected chi connectivity index (χ3v) is 5.71. The Kier molecular flexibility index (Phi) is 4.98. The third-order valence-electron chi connectivity index (χ3n) is 5.71. The Hall–Kier alpha value is -3.53. The van der Waals surface area contributed by atoms with Gasteiger partial charge in [0.05, 0.1) is 22.4 Å². The number of benzene rings is 3. The van der Waals surface area contributed by atoms with Crippen molar-refractivity contribution in [2.45, 2.75) is 31.7 Å². The molecule has 0 unspecified atom stereocenters. The SMILES string of the molecule is O=C(NC1CCCC1)c1ccc2nc(-c3ccccc3)c(-c3ccccc3)nc2c1. The van der Waals surface area contributed by atoms with Crippen LogP contribution < -0.4 is 5.32 Å². The van der Waals surface area contributed by atoms with Crippen LogP contribution in [0.25, 0.3) is 33.5 Å². The minimum absolute atomic E-state index is 0.0287. The number of amides is 1. The van der Waals surface area contributed by atoms with E-state index in [9.17, 15) is 4.79 Å². The average molecular weight is 393 g/mol. The summed E-state index contributed by atoms with van der Waals surface area (Å²) < 4.78 is 0. The van der Waals surface area contributed by atoms with Crippen molar-refractivity contribution in [2.75, 3.05) is 0 Å². The van der Waals surface area contributed by atoms with Crippen LogP contribution in [0, 0.1) is 0 Å². The average Bonchev–Trinajstić information content (AvgIpc) is 3.32. The molecule has 3 aromatic carbocycles. The van der Waals surface area contributed by atoms with Crippen LogP contribution in [0.4, 0.5) is 0 Å². The Balaban J connectivity index is 1.60. The summed E-state index contributed by atoms with van der Waals surface area (Å²) in [6.07, 6.45) is 4.52. The van der Waals surface area contributed by atoms with Crippen LogP contribution in [-0.4, -0.2) is 21.9 Å². The molecule has 148 valence electrons. The fraction of sp³-hybridized carbons (Fsp3) is 0.192. The van der Waals surface area contributed by atoms with Crippen LogP contribution in [0.2, 0.25) is 0 Å². The number of nitrogens with one attached hydrogen (secondary N) is 1. The highest BCUT2D eigenvalue weighted by atomic mass is 16.1. The summed E-state index contributed by atoms with van der Waals surface area (Å²) in [6.45, 7) is 0. The van der Waals surface area contributed by atoms with Gasteiger partial charge in [0, 0.05) is 22.7 Å². The van der Waals surface area contributed by atoms with Gasteiger partial charge in [-0.25, -0.2) is 9.97 Å². The second kappa shape index (κ2) is 8.07. The van der Waals surface area contributed by atoms with Crippen LogP contribution in [0.5, 0.6) is 0 Å². The number of carbonyl (C=O) groups excluding carboxylic acids is 1. The summed E-state index contributed by atoms with van der Waals surface area (Å²) in [5.41, 5.74) is 5.84. The van der Waals surface area contributed by atoms with Crippen molar-refractivity contribution in [1.29, 1.82) is 0 Å². The third kappa shape index (κ3) is 3.69. The van der Waals surface area contributed by atoms with Gasteiger partial charge in [0.25, 0.3) is 5.91 Å². The standard InChI is InChI=1S/C26H23N3O/c30-26(27-21-13-7-8-14-21)20-15-16-22-23(17-20)29-25(19-11-5-2-6-12-19)24(28-22)18-9-3-1-4-10-18/h1-6,9-12,15-17,21H,7-8,13-14H2,(H,27,30). The maximum atomic E-state index is 12.7. The molecule has 30 heavy (non-hydrogen) atoms. The first-order chi connectivity index (χ1) is 14.8. The normalized spacial score (nSPS) is 14.1. The maximum Gasteiger partial charge on any atom is 0.251 e. The number of hydrogen-bond acceptors (Lipinski definition) is 3. The number of aromatic nitrogens is 2. The Morgan fingerprint density at radius 1 is 0.733 bits per heavy atom. The molecule has 1 amide bonds. The van der Waals surface area contributed by atoms with E-state index < -0.39 is 0 Å². The molecule has 0 bridgehead atoms. The van der Waals surface area contributed by atoms with Crippen molar-refractivity contribution in [3.63, 3.8) is 0 Å². The Morgan fingerprint density at radius 2 is 1.30 bits per heavy atom. The molecule has 1 heterocycles. The Bertz CT molecular complexity index is 1180. The molecule has 4 aromatic rings. The summed E-state index contributed by atoms with van der Waals surface area (Å²) in [5.74, 6) is -0.0287. The van der Waals surface area contributed by atoms with E-state index in [2.05, 4.69) is 5.32 Å². The van der Waals surface area contributed by atoms with Crippen molar-refractivity contribution < 1.29 is 4.79 Å². The molecule has 0 spiro atoms. The number of nitrogens with zero attached hydrogens (tertiary/aromatic N) is 2. The molecule has 5 rings (SSSR count). The van der Waals surface area contributed by atoms with Gasteiger partial charge in [-0.1, -0.05) is 73.5 Å². The van der Waals surface area contributed by atoms with Crippen molar-refractivity contribution in [3.05, 3.63) is 84.4 Å². The highest BCUT2D eigenvalue weighted by molar-refractivity contribution is 5.98. The van der Waals surface area contributed by atoms with Crippen molar-refractivity contribution >= 4 is 16.9 Å². The predicted octanol–water partition coefficient (Wildman–Crippen LogP) is 5.64. The molecule has 1 saturated carbocycles. The molecule has 1 aromatic heterocycles. The zero-order valence-electron chi connectivity index (χ0n) is 16.7. The Morgan fingerprint density at radius 3 is 1.90 bits per heavy atom. The van der Waals surface area contributed by atoms with E-state index >= 15 is 0 Å². The predicted molar refractivity (Wildman–Crippen MR) is 120 cm³/mol. The molecule has 1 aliphatic carbocycles. The highest BCUT2D eigenvalue weighted by Crippen LogP contribution is 2.31. The first kappa shape index (κ1) is 18.5. The van der Waals surface area contributed by atoms with Gasteiger partial charge in [0.2, 0.25) is 0 Å². The van der Waals surface area contributed by atoms with E-state index in [1.807, 2.05) is 78.9 Å². The van der Waals surface area contributed by atoms with Gasteiger partial charge < -0.3 is 5.32 Å². The van der Waals surface area contributed by atoms with E-state index in [1.54, 1.807) is 0 Å². The lowest BCUT2D eigenvalue weighted by molar-refractivity contribution is 0.0938. The molecule has 4 nitrogen and oxygen atoms in total. The zero-order valence-corrected chi connectivity index (χ0v) is 16.7. The first-order valence-electron chi connectivity index (χ1n) is 10.5. The zero-order chi connectivity index (χ0) is 20.3. The minimum atomic E-state index is -0.0287. The van der Waals surface area contributed by atoms with E-state index in [1.165, 1.54) is 12.8 Å². The highest BCUT2D eigenvalue weighted by Gasteiger charge is 2.19. The largest absolute Gasteiger partial charge is 0.349 e.